The molecule has 1 amide bonds. The molecule has 3 atom stereocenters. The monoisotopic (exact) mass is 315 g/mol. The zero-order valence-electron chi connectivity index (χ0n) is 12.8. The van der Waals surface area contributed by atoms with Gasteiger partial charge in [0.2, 0.25) is 0 Å². The van der Waals surface area contributed by atoms with Gasteiger partial charge >= 0.3 is 5.97 Å². The van der Waals surface area contributed by atoms with Gasteiger partial charge in [0.25, 0.3) is 5.91 Å². The van der Waals surface area contributed by atoms with E-state index in [2.05, 4.69) is 5.32 Å². The van der Waals surface area contributed by atoms with Crippen LogP contribution in [0.5, 0.6) is 0 Å². The van der Waals surface area contributed by atoms with Gasteiger partial charge in [-0.1, -0.05) is 20.3 Å². The number of halogens is 1. The van der Waals surface area contributed by atoms with Gasteiger partial charge in [-0.05, 0) is 31.9 Å². The van der Waals surface area contributed by atoms with E-state index in [0.29, 0.717) is 5.76 Å². The quantitative estimate of drug-likeness (QED) is 0.619. The smallest absolute Gasteiger partial charge is 0.328 e. The van der Waals surface area contributed by atoms with Crippen molar-refractivity contribution in [3.05, 3.63) is 23.7 Å². The predicted octanol–water partition coefficient (Wildman–Crippen LogP) is 3.29. The van der Waals surface area contributed by atoms with Crippen LogP contribution in [0.15, 0.2) is 16.5 Å². The standard InChI is InChI=1S/C15H22ClNO4/c1-5-9(3)13(15(19)20-6-2)17-14(18)12-8-7-11(21-12)10(4)16/h7-10,13H,5-6H2,1-4H3,(H,17,18). The molecule has 5 nitrogen and oxygen atoms in total. The molecule has 3 unspecified atom stereocenters. The fourth-order valence-electron chi connectivity index (χ4n) is 1.80. The molecule has 0 fully saturated rings. The van der Waals surface area contributed by atoms with Crippen molar-refractivity contribution in [1.82, 2.24) is 5.32 Å². The summed E-state index contributed by atoms with van der Waals surface area (Å²) in [5, 5.41) is 2.35. The molecule has 0 aliphatic carbocycles. The summed E-state index contributed by atoms with van der Waals surface area (Å²) in [4.78, 5) is 24.1. The summed E-state index contributed by atoms with van der Waals surface area (Å²) < 4.78 is 10.4. The van der Waals surface area contributed by atoms with Crippen molar-refractivity contribution in [3.8, 4) is 0 Å². The van der Waals surface area contributed by atoms with Gasteiger partial charge in [-0.2, -0.15) is 0 Å². The van der Waals surface area contributed by atoms with Crippen LogP contribution in [0.25, 0.3) is 0 Å². The van der Waals surface area contributed by atoms with E-state index in [1.807, 2.05) is 13.8 Å². The molecule has 1 rings (SSSR count). The summed E-state index contributed by atoms with van der Waals surface area (Å²) in [6, 6.07) is 2.50. The van der Waals surface area contributed by atoms with Gasteiger partial charge in [0, 0.05) is 0 Å². The van der Waals surface area contributed by atoms with E-state index >= 15 is 0 Å². The molecule has 1 N–H and O–H groups in total. The van der Waals surface area contributed by atoms with Gasteiger partial charge in [-0.15, -0.1) is 11.6 Å². The van der Waals surface area contributed by atoms with Crippen molar-refractivity contribution in [2.45, 2.75) is 45.5 Å². The highest BCUT2D eigenvalue weighted by Crippen LogP contribution is 2.22. The average molecular weight is 316 g/mol. The van der Waals surface area contributed by atoms with Crippen molar-refractivity contribution in [2.75, 3.05) is 6.61 Å². The third kappa shape index (κ3) is 4.77. The molecular formula is C15H22ClNO4. The van der Waals surface area contributed by atoms with Crippen molar-refractivity contribution in [3.63, 3.8) is 0 Å². The maximum atomic E-state index is 12.2. The second-order valence-corrected chi connectivity index (χ2v) is 5.56. The third-order valence-corrected chi connectivity index (χ3v) is 3.50. The van der Waals surface area contributed by atoms with Crippen molar-refractivity contribution in [2.24, 2.45) is 5.92 Å². The van der Waals surface area contributed by atoms with Crippen LogP contribution in [0.3, 0.4) is 0 Å². The van der Waals surface area contributed by atoms with Crippen LogP contribution in [0.2, 0.25) is 0 Å². The van der Waals surface area contributed by atoms with Gasteiger partial charge in [-0.25, -0.2) is 4.79 Å². The molecule has 0 spiro atoms. The normalized spacial score (nSPS) is 15.1. The number of furan rings is 1. The predicted molar refractivity (Wildman–Crippen MR) is 80.3 cm³/mol. The number of alkyl halides is 1. The van der Waals surface area contributed by atoms with Gasteiger partial charge in [0.1, 0.15) is 11.8 Å². The van der Waals surface area contributed by atoms with Gasteiger partial charge < -0.3 is 14.5 Å². The zero-order valence-corrected chi connectivity index (χ0v) is 13.6. The zero-order chi connectivity index (χ0) is 16.0. The minimum absolute atomic E-state index is 0.0330. The second-order valence-electron chi connectivity index (χ2n) is 4.91. The SMILES string of the molecule is CCOC(=O)C(NC(=O)c1ccc(C(C)Cl)o1)C(C)CC. The summed E-state index contributed by atoms with van der Waals surface area (Å²) in [7, 11) is 0. The van der Waals surface area contributed by atoms with Crippen LogP contribution >= 0.6 is 11.6 Å². The van der Waals surface area contributed by atoms with E-state index in [4.69, 9.17) is 20.8 Å². The number of ether oxygens (including phenoxy) is 1. The summed E-state index contributed by atoms with van der Waals surface area (Å²) in [5.41, 5.74) is 0. The molecule has 1 heterocycles. The molecule has 0 radical (unpaired) electrons. The number of rotatable bonds is 7. The molecule has 21 heavy (non-hydrogen) atoms. The Balaban J connectivity index is 2.81. The Bertz CT molecular complexity index is 484. The van der Waals surface area contributed by atoms with Crippen LogP contribution in [0, 0.1) is 5.92 Å². The van der Waals surface area contributed by atoms with Crippen molar-refractivity contribution < 1.29 is 18.7 Å². The Morgan fingerprint density at radius 1 is 1.33 bits per heavy atom. The molecule has 0 bridgehead atoms. The Morgan fingerprint density at radius 3 is 2.48 bits per heavy atom. The number of esters is 1. The first-order valence-corrected chi connectivity index (χ1v) is 7.55. The molecular weight excluding hydrogens is 294 g/mol. The Labute approximate surface area is 130 Å². The molecule has 0 saturated carbocycles. The van der Waals surface area contributed by atoms with E-state index in [-0.39, 0.29) is 23.7 Å². The lowest BCUT2D eigenvalue weighted by Gasteiger charge is -2.21. The minimum Gasteiger partial charge on any atom is -0.464 e. The van der Waals surface area contributed by atoms with Crippen LogP contribution in [-0.4, -0.2) is 24.5 Å². The molecule has 0 aromatic carbocycles. The number of hydrogen-bond acceptors (Lipinski definition) is 4. The number of hydrogen-bond donors (Lipinski definition) is 1. The fraction of sp³-hybridized carbons (Fsp3) is 0.600. The molecule has 118 valence electrons. The van der Waals surface area contributed by atoms with Gasteiger partial charge in [0.05, 0.1) is 12.0 Å². The maximum Gasteiger partial charge on any atom is 0.328 e. The second kappa shape index (κ2) is 8.08. The number of carbonyl (C=O) groups is 2. The van der Waals surface area contributed by atoms with E-state index in [0.717, 1.165) is 6.42 Å². The molecule has 0 aliphatic heterocycles. The minimum atomic E-state index is -0.690. The van der Waals surface area contributed by atoms with Crippen LogP contribution in [-0.2, 0) is 9.53 Å². The first-order chi connectivity index (χ1) is 9.90. The fourth-order valence-corrected chi connectivity index (χ4v) is 1.92. The molecule has 1 aromatic heterocycles. The summed E-state index contributed by atoms with van der Waals surface area (Å²) in [6.07, 6.45) is 0.742. The lowest BCUT2D eigenvalue weighted by Crippen LogP contribution is -2.45. The van der Waals surface area contributed by atoms with Crippen molar-refractivity contribution in [1.29, 1.82) is 0 Å². The summed E-state index contributed by atoms with van der Waals surface area (Å²) in [5.74, 6) is -0.267. The van der Waals surface area contributed by atoms with Crippen LogP contribution in [0.1, 0.15) is 55.8 Å². The van der Waals surface area contributed by atoms with E-state index < -0.39 is 17.9 Å². The first-order valence-electron chi connectivity index (χ1n) is 7.11. The Hall–Kier alpha value is -1.49. The number of carbonyl (C=O) groups excluding carboxylic acids is 2. The van der Waals surface area contributed by atoms with E-state index in [1.54, 1.807) is 26.0 Å². The molecule has 0 aliphatic rings. The summed E-state index contributed by atoms with van der Waals surface area (Å²) >= 11 is 5.89. The van der Waals surface area contributed by atoms with Crippen molar-refractivity contribution >= 4 is 23.5 Å². The topological polar surface area (TPSA) is 68.5 Å². The highest BCUT2D eigenvalue weighted by atomic mass is 35.5. The van der Waals surface area contributed by atoms with Gasteiger partial charge in [0.15, 0.2) is 5.76 Å². The van der Waals surface area contributed by atoms with E-state index in [1.165, 1.54) is 0 Å². The summed E-state index contributed by atoms with van der Waals surface area (Å²) in [6.45, 7) is 7.59. The number of amides is 1. The highest BCUT2D eigenvalue weighted by Gasteiger charge is 2.28. The maximum absolute atomic E-state index is 12.2. The van der Waals surface area contributed by atoms with Gasteiger partial charge in [-0.3, -0.25) is 4.79 Å². The first kappa shape index (κ1) is 17.6. The average Bonchev–Trinajstić information content (AvgIpc) is 2.94. The lowest BCUT2D eigenvalue weighted by atomic mass is 9.99. The third-order valence-electron chi connectivity index (χ3n) is 3.28. The molecule has 6 heteroatoms. The Kier molecular flexibility index (Phi) is 6.75. The lowest BCUT2D eigenvalue weighted by molar-refractivity contribution is -0.146. The highest BCUT2D eigenvalue weighted by molar-refractivity contribution is 6.20. The number of nitrogens with one attached hydrogen (secondary N) is 1. The Morgan fingerprint density at radius 2 is 2.00 bits per heavy atom. The van der Waals surface area contributed by atoms with Crippen LogP contribution in [0.4, 0.5) is 0 Å². The van der Waals surface area contributed by atoms with Crippen LogP contribution < -0.4 is 5.32 Å². The van der Waals surface area contributed by atoms with E-state index in [9.17, 15) is 9.59 Å². The molecule has 0 saturated heterocycles. The largest absolute Gasteiger partial charge is 0.464 e. The molecule has 1 aromatic rings.